The molecule has 1 aliphatic heterocycles. The first-order chi connectivity index (χ1) is 12.4. The first-order valence-electron chi connectivity index (χ1n) is 8.09. The molecule has 2 amide bonds. The number of hydrogen-bond donors (Lipinski definition) is 2. The van der Waals surface area contributed by atoms with Crippen LogP contribution >= 0.6 is 23.4 Å². The maximum Gasteiger partial charge on any atom is 0.240 e. The maximum absolute atomic E-state index is 12.2. The highest BCUT2D eigenvalue weighted by Gasteiger charge is 2.32. The van der Waals surface area contributed by atoms with Gasteiger partial charge in [0.25, 0.3) is 0 Å². The van der Waals surface area contributed by atoms with E-state index in [0.717, 1.165) is 16.8 Å². The zero-order valence-corrected chi connectivity index (χ0v) is 15.9. The second-order valence-corrected chi connectivity index (χ2v) is 7.66. The lowest BCUT2D eigenvalue weighted by Crippen LogP contribution is -2.28. The fourth-order valence-corrected chi connectivity index (χ4v) is 3.55. The first kappa shape index (κ1) is 18.5. The molecule has 1 heterocycles. The average Bonchev–Trinajstić information content (AvgIpc) is 2.92. The summed E-state index contributed by atoms with van der Waals surface area (Å²) in [6, 6.07) is 13.0. The lowest BCUT2D eigenvalue weighted by molar-refractivity contribution is -0.122. The van der Waals surface area contributed by atoms with E-state index in [0.29, 0.717) is 15.9 Å². The standard InChI is InChI=1S/C19H18ClN3O2S/c1-11-3-6-13(7-4-11)22-19-23-18(25)16(26-19)10-17(24)21-14-8-5-12(2)15(20)9-14/h3-9,16H,10H2,1-2H3,(H,21,24)(H,22,23,25). The predicted molar refractivity (Wildman–Crippen MR) is 107 cm³/mol. The van der Waals surface area contributed by atoms with Crippen LogP contribution in [0.15, 0.2) is 47.5 Å². The Hall–Kier alpha value is -2.31. The highest BCUT2D eigenvalue weighted by atomic mass is 35.5. The molecule has 0 bridgehead atoms. The second-order valence-electron chi connectivity index (χ2n) is 6.06. The number of amides is 2. The lowest BCUT2D eigenvalue weighted by atomic mass is 10.2. The van der Waals surface area contributed by atoms with E-state index in [4.69, 9.17) is 11.6 Å². The van der Waals surface area contributed by atoms with Crippen LogP contribution in [-0.2, 0) is 9.59 Å². The fourth-order valence-electron chi connectivity index (χ4n) is 2.38. The van der Waals surface area contributed by atoms with Gasteiger partial charge in [-0.1, -0.05) is 47.1 Å². The minimum absolute atomic E-state index is 0.0644. The molecule has 0 aromatic heterocycles. The smallest absolute Gasteiger partial charge is 0.240 e. The molecule has 2 aromatic rings. The molecule has 1 unspecified atom stereocenters. The number of hydrogen-bond acceptors (Lipinski definition) is 4. The lowest BCUT2D eigenvalue weighted by Gasteiger charge is -2.08. The number of aryl methyl sites for hydroxylation is 2. The number of thioether (sulfide) groups is 1. The molecule has 0 aliphatic carbocycles. The van der Waals surface area contributed by atoms with Crippen molar-refractivity contribution in [2.75, 3.05) is 5.32 Å². The Morgan fingerprint density at radius 2 is 1.96 bits per heavy atom. The molecule has 5 nitrogen and oxygen atoms in total. The van der Waals surface area contributed by atoms with E-state index < -0.39 is 5.25 Å². The van der Waals surface area contributed by atoms with E-state index >= 15 is 0 Å². The van der Waals surface area contributed by atoms with E-state index in [2.05, 4.69) is 15.6 Å². The van der Waals surface area contributed by atoms with Crippen LogP contribution in [0.4, 0.5) is 11.4 Å². The molecule has 1 saturated heterocycles. The van der Waals surface area contributed by atoms with Crippen molar-refractivity contribution in [1.82, 2.24) is 5.32 Å². The van der Waals surface area contributed by atoms with Crippen LogP contribution < -0.4 is 10.6 Å². The number of nitrogens with zero attached hydrogens (tertiary/aromatic N) is 1. The molecule has 2 N–H and O–H groups in total. The molecular weight excluding hydrogens is 370 g/mol. The van der Waals surface area contributed by atoms with Gasteiger partial charge >= 0.3 is 0 Å². The number of benzene rings is 2. The minimum atomic E-state index is -0.500. The van der Waals surface area contributed by atoms with Gasteiger partial charge in [0.15, 0.2) is 5.17 Å². The van der Waals surface area contributed by atoms with E-state index in [-0.39, 0.29) is 18.2 Å². The number of nitrogens with one attached hydrogen (secondary N) is 2. The molecule has 2 aromatic carbocycles. The third-order valence-corrected chi connectivity index (χ3v) is 5.36. The molecule has 0 radical (unpaired) electrons. The number of halogens is 1. The summed E-state index contributed by atoms with van der Waals surface area (Å²) in [6.45, 7) is 3.89. The number of rotatable bonds is 4. The summed E-state index contributed by atoms with van der Waals surface area (Å²) < 4.78 is 0. The number of carbonyl (C=O) groups excluding carboxylic acids is 2. The van der Waals surface area contributed by atoms with E-state index in [1.807, 2.05) is 44.2 Å². The fraction of sp³-hybridized carbons (Fsp3) is 0.211. The van der Waals surface area contributed by atoms with Gasteiger partial charge in [-0.2, -0.15) is 0 Å². The zero-order chi connectivity index (χ0) is 18.7. The van der Waals surface area contributed by atoms with Crippen LogP contribution in [0, 0.1) is 13.8 Å². The predicted octanol–water partition coefficient (Wildman–Crippen LogP) is 4.20. The summed E-state index contributed by atoms with van der Waals surface area (Å²) in [6.07, 6.45) is 0.0644. The molecule has 26 heavy (non-hydrogen) atoms. The molecule has 0 saturated carbocycles. The van der Waals surface area contributed by atoms with Crippen molar-refractivity contribution in [3.05, 3.63) is 58.6 Å². The molecule has 1 atom stereocenters. The molecular formula is C19H18ClN3O2S. The number of carbonyl (C=O) groups is 2. The number of anilines is 1. The van der Waals surface area contributed by atoms with E-state index in [1.165, 1.54) is 11.8 Å². The average molecular weight is 388 g/mol. The molecule has 1 fully saturated rings. The van der Waals surface area contributed by atoms with Gasteiger partial charge in [-0.3, -0.25) is 9.59 Å². The quantitative estimate of drug-likeness (QED) is 0.825. The van der Waals surface area contributed by atoms with Gasteiger partial charge < -0.3 is 10.6 Å². The molecule has 134 valence electrons. The van der Waals surface area contributed by atoms with Crippen molar-refractivity contribution < 1.29 is 9.59 Å². The maximum atomic E-state index is 12.2. The molecule has 7 heteroatoms. The summed E-state index contributed by atoms with van der Waals surface area (Å²) >= 11 is 7.33. The normalized spacial score (nSPS) is 18.0. The highest BCUT2D eigenvalue weighted by Crippen LogP contribution is 2.26. The van der Waals surface area contributed by atoms with Gasteiger partial charge in [-0.05, 0) is 43.7 Å². The Balaban J connectivity index is 1.61. The summed E-state index contributed by atoms with van der Waals surface area (Å²) in [7, 11) is 0. The van der Waals surface area contributed by atoms with Gasteiger partial charge in [-0.15, -0.1) is 0 Å². The van der Waals surface area contributed by atoms with Crippen LogP contribution in [0.3, 0.4) is 0 Å². The van der Waals surface area contributed by atoms with Crippen LogP contribution in [0.25, 0.3) is 0 Å². The van der Waals surface area contributed by atoms with Crippen LogP contribution in [-0.4, -0.2) is 22.2 Å². The summed E-state index contributed by atoms with van der Waals surface area (Å²) in [4.78, 5) is 28.7. The largest absolute Gasteiger partial charge is 0.326 e. The van der Waals surface area contributed by atoms with Crippen molar-refractivity contribution in [2.24, 2.45) is 4.99 Å². The van der Waals surface area contributed by atoms with Crippen LogP contribution in [0.1, 0.15) is 17.5 Å². The van der Waals surface area contributed by atoms with Gasteiger partial charge in [0.05, 0.1) is 5.69 Å². The topological polar surface area (TPSA) is 70.6 Å². The van der Waals surface area contributed by atoms with Crippen LogP contribution in [0.2, 0.25) is 5.02 Å². The highest BCUT2D eigenvalue weighted by molar-refractivity contribution is 8.15. The van der Waals surface area contributed by atoms with Gasteiger partial charge in [0.2, 0.25) is 11.8 Å². The monoisotopic (exact) mass is 387 g/mol. The Bertz CT molecular complexity index is 881. The van der Waals surface area contributed by atoms with Crippen LogP contribution in [0.5, 0.6) is 0 Å². The van der Waals surface area contributed by atoms with Gasteiger partial charge in [0, 0.05) is 17.1 Å². The second kappa shape index (κ2) is 7.93. The molecule has 0 spiro atoms. The van der Waals surface area contributed by atoms with Crippen molar-refractivity contribution in [2.45, 2.75) is 25.5 Å². The Labute approximate surface area is 161 Å². The van der Waals surface area contributed by atoms with Crippen molar-refractivity contribution in [3.63, 3.8) is 0 Å². The summed E-state index contributed by atoms with van der Waals surface area (Å²) in [5.74, 6) is -0.452. The van der Waals surface area contributed by atoms with Crippen molar-refractivity contribution in [3.8, 4) is 0 Å². The Morgan fingerprint density at radius 3 is 2.65 bits per heavy atom. The van der Waals surface area contributed by atoms with E-state index in [9.17, 15) is 9.59 Å². The van der Waals surface area contributed by atoms with Crippen molar-refractivity contribution in [1.29, 1.82) is 0 Å². The zero-order valence-electron chi connectivity index (χ0n) is 14.4. The van der Waals surface area contributed by atoms with Crippen molar-refractivity contribution >= 4 is 51.7 Å². The Morgan fingerprint density at radius 1 is 1.23 bits per heavy atom. The Kier molecular flexibility index (Phi) is 5.64. The molecule has 1 aliphatic rings. The first-order valence-corrected chi connectivity index (χ1v) is 9.35. The third-order valence-electron chi connectivity index (χ3n) is 3.87. The number of aliphatic imine (C=N–C) groups is 1. The third kappa shape index (κ3) is 4.65. The summed E-state index contributed by atoms with van der Waals surface area (Å²) in [5.41, 5.74) is 3.45. The van der Waals surface area contributed by atoms with Gasteiger partial charge in [-0.25, -0.2) is 4.99 Å². The van der Waals surface area contributed by atoms with E-state index in [1.54, 1.807) is 12.1 Å². The molecule has 3 rings (SSSR count). The SMILES string of the molecule is Cc1ccc(N=C2NC(=O)C(CC(=O)Nc3ccc(C)c(Cl)c3)S2)cc1. The number of amidine groups is 1. The van der Waals surface area contributed by atoms with Gasteiger partial charge in [0.1, 0.15) is 5.25 Å². The summed E-state index contributed by atoms with van der Waals surface area (Å²) in [5, 5.41) is 6.09. The minimum Gasteiger partial charge on any atom is -0.326 e.